The van der Waals surface area contributed by atoms with Gasteiger partial charge in [0.05, 0.1) is 11.4 Å². The monoisotopic (exact) mass is 208 g/mol. The average molecular weight is 208 g/mol. The molecule has 4 nitrogen and oxygen atoms in total. The van der Waals surface area contributed by atoms with E-state index in [0.717, 1.165) is 23.9 Å². The Bertz CT molecular complexity index is 312. The molecule has 0 aromatic carbocycles. The highest BCUT2D eigenvalue weighted by molar-refractivity contribution is 5.06. The lowest BCUT2D eigenvalue weighted by molar-refractivity contribution is 0.303. The maximum atomic E-state index is 5.58. The molecule has 0 amide bonds. The number of hydrogen-bond donors (Lipinski definition) is 1. The SMILES string of the molecule is Cc1c(CN)nnn1CC1CCCCC1. The first-order valence-electron chi connectivity index (χ1n) is 5.90. The van der Waals surface area contributed by atoms with Crippen LogP contribution in [-0.2, 0) is 13.1 Å². The summed E-state index contributed by atoms with van der Waals surface area (Å²) in [5.41, 5.74) is 7.66. The van der Waals surface area contributed by atoms with Crippen LogP contribution >= 0.6 is 0 Å². The van der Waals surface area contributed by atoms with Crippen LogP contribution < -0.4 is 5.73 Å². The van der Waals surface area contributed by atoms with E-state index < -0.39 is 0 Å². The third-order valence-electron chi connectivity index (χ3n) is 3.43. The molecule has 15 heavy (non-hydrogen) atoms. The van der Waals surface area contributed by atoms with Gasteiger partial charge in [-0.05, 0) is 25.7 Å². The van der Waals surface area contributed by atoms with Crippen molar-refractivity contribution in [2.45, 2.75) is 52.1 Å². The summed E-state index contributed by atoms with van der Waals surface area (Å²) in [6.07, 6.45) is 6.85. The summed E-state index contributed by atoms with van der Waals surface area (Å²) in [6.45, 7) is 3.58. The van der Waals surface area contributed by atoms with Gasteiger partial charge in [0.1, 0.15) is 0 Å². The summed E-state index contributed by atoms with van der Waals surface area (Å²) in [7, 11) is 0. The Labute approximate surface area is 90.8 Å². The molecule has 0 radical (unpaired) electrons. The van der Waals surface area contributed by atoms with Crippen molar-refractivity contribution in [3.63, 3.8) is 0 Å². The van der Waals surface area contributed by atoms with Gasteiger partial charge < -0.3 is 5.73 Å². The normalized spacial score (nSPS) is 18.3. The number of rotatable bonds is 3. The molecule has 1 aliphatic carbocycles. The highest BCUT2D eigenvalue weighted by atomic mass is 15.4. The van der Waals surface area contributed by atoms with Crippen molar-refractivity contribution in [3.05, 3.63) is 11.4 Å². The van der Waals surface area contributed by atoms with Gasteiger partial charge in [0.25, 0.3) is 0 Å². The quantitative estimate of drug-likeness (QED) is 0.821. The fourth-order valence-corrected chi connectivity index (χ4v) is 2.37. The minimum Gasteiger partial charge on any atom is -0.325 e. The van der Waals surface area contributed by atoms with Gasteiger partial charge in [-0.2, -0.15) is 0 Å². The summed E-state index contributed by atoms with van der Waals surface area (Å²) < 4.78 is 2.03. The Balaban J connectivity index is 2.00. The first-order chi connectivity index (χ1) is 7.31. The molecule has 0 bridgehead atoms. The molecule has 0 atom stereocenters. The Morgan fingerprint density at radius 1 is 1.33 bits per heavy atom. The molecule has 1 aromatic heterocycles. The number of aromatic nitrogens is 3. The van der Waals surface area contributed by atoms with Crippen LogP contribution in [0.1, 0.15) is 43.5 Å². The van der Waals surface area contributed by atoms with E-state index in [2.05, 4.69) is 17.2 Å². The Morgan fingerprint density at radius 3 is 2.67 bits per heavy atom. The molecule has 1 aliphatic rings. The van der Waals surface area contributed by atoms with E-state index in [9.17, 15) is 0 Å². The third-order valence-corrected chi connectivity index (χ3v) is 3.43. The van der Waals surface area contributed by atoms with Crippen LogP contribution in [-0.4, -0.2) is 15.0 Å². The molecule has 2 rings (SSSR count). The van der Waals surface area contributed by atoms with Gasteiger partial charge >= 0.3 is 0 Å². The van der Waals surface area contributed by atoms with Crippen molar-refractivity contribution in [1.82, 2.24) is 15.0 Å². The van der Waals surface area contributed by atoms with Crippen molar-refractivity contribution in [1.29, 1.82) is 0 Å². The molecule has 1 aromatic rings. The predicted molar refractivity (Wildman–Crippen MR) is 59.2 cm³/mol. The molecule has 0 saturated heterocycles. The molecule has 1 fully saturated rings. The van der Waals surface area contributed by atoms with Gasteiger partial charge in [0.15, 0.2) is 0 Å². The summed E-state index contributed by atoms with van der Waals surface area (Å²) in [5.74, 6) is 0.796. The van der Waals surface area contributed by atoms with Gasteiger partial charge in [-0.3, -0.25) is 0 Å². The molecule has 0 spiro atoms. The van der Waals surface area contributed by atoms with Gasteiger partial charge in [0.2, 0.25) is 0 Å². The molecule has 84 valence electrons. The summed E-state index contributed by atoms with van der Waals surface area (Å²) in [6, 6.07) is 0. The molecule has 0 unspecified atom stereocenters. The summed E-state index contributed by atoms with van der Waals surface area (Å²) in [5, 5.41) is 8.25. The fourth-order valence-electron chi connectivity index (χ4n) is 2.37. The second-order valence-electron chi connectivity index (χ2n) is 4.51. The zero-order valence-corrected chi connectivity index (χ0v) is 9.45. The van der Waals surface area contributed by atoms with E-state index in [1.807, 2.05) is 4.68 Å². The molecule has 2 N–H and O–H groups in total. The van der Waals surface area contributed by atoms with Gasteiger partial charge in [-0.25, -0.2) is 4.68 Å². The zero-order chi connectivity index (χ0) is 10.7. The minimum absolute atomic E-state index is 0.497. The molecule has 1 heterocycles. The third kappa shape index (κ3) is 2.37. The Morgan fingerprint density at radius 2 is 2.07 bits per heavy atom. The molecule has 1 saturated carbocycles. The van der Waals surface area contributed by atoms with E-state index in [-0.39, 0.29) is 0 Å². The second kappa shape index (κ2) is 4.75. The van der Waals surface area contributed by atoms with Crippen molar-refractivity contribution in [3.8, 4) is 0 Å². The maximum absolute atomic E-state index is 5.58. The van der Waals surface area contributed by atoms with Crippen molar-refractivity contribution in [2.75, 3.05) is 0 Å². The first kappa shape index (κ1) is 10.6. The van der Waals surface area contributed by atoms with Crippen LogP contribution in [0, 0.1) is 12.8 Å². The Kier molecular flexibility index (Phi) is 3.36. The lowest BCUT2D eigenvalue weighted by Crippen LogP contribution is -2.16. The molecular weight excluding hydrogens is 188 g/mol. The van der Waals surface area contributed by atoms with Gasteiger partial charge in [-0.1, -0.05) is 24.5 Å². The van der Waals surface area contributed by atoms with Gasteiger partial charge in [-0.15, -0.1) is 5.10 Å². The van der Waals surface area contributed by atoms with Crippen LogP contribution in [0.5, 0.6) is 0 Å². The summed E-state index contributed by atoms with van der Waals surface area (Å²) in [4.78, 5) is 0. The maximum Gasteiger partial charge on any atom is 0.0991 e. The van der Waals surface area contributed by atoms with E-state index in [0.29, 0.717) is 6.54 Å². The van der Waals surface area contributed by atoms with Crippen molar-refractivity contribution < 1.29 is 0 Å². The van der Waals surface area contributed by atoms with Crippen molar-refractivity contribution in [2.24, 2.45) is 11.7 Å². The zero-order valence-electron chi connectivity index (χ0n) is 9.45. The molecule has 0 aliphatic heterocycles. The minimum atomic E-state index is 0.497. The highest BCUT2D eigenvalue weighted by Crippen LogP contribution is 2.25. The molecule has 4 heteroatoms. The number of hydrogen-bond acceptors (Lipinski definition) is 3. The first-order valence-corrected chi connectivity index (χ1v) is 5.90. The number of nitrogens with zero attached hydrogens (tertiary/aromatic N) is 3. The smallest absolute Gasteiger partial charge is 0.0991 e. The van der Waals surface area contributed by atoms with Crippen LogP contribution in [0.2, 0.25) is 0 Å². The largest absolute Gasteiger partial charge is 0.325 e. The topological polar surface area (TPSA) is 56.7 Å². The van der Waals surface area contributed by atoms with Crippen LogP contribution in [0.3, 0.4) is 0 Å². The van der Waals surface area contributed by atoms with E-state index in [1.54, 1.807) is 0 Å². The molecular formula is C11H20N4. The average Bonchev–Trinajstić information content (AvgIpc) is 2.62. The van der Waals surface area contributed by atoms with Gasteiger partial charge in [0, 0.05) is 13.1 Å². The van der Waals surface area contributed by atoms with Crippen molar-refractivity contribution >= 4 is 0 Å². The Hall–Kier alpha value is -0.900. The number of nitrogens with two attached hydrogens (primary N) is 1. The lowest BCUT2D eigenvalue weighted by atomic mass is 9.89. The van der Waals surface area contributed by atoms with E-state index in [1.165, 1.54) is 32.1 Å². The standard InChI is InChI=1S/C11H20N4/c1-9-11(7-12)13-14-15(9)8-10-5-3-2-4-6-10/h10H,2-8,12H2,1H3. The predicted octanol–water partition coefficient (Wildman–Crippen LogP) is 1.63. The van der Waals surface area contributed by atoms with Crippen LogP contribution in [0.4, 0.5) is 0 Å². The van der Waals surface area contributed by atoms with Crippen LogP contribution in [0.25, 0.3) is 0 Å². The van der Waals surface area contributed by atoms with E-state index in [4.69, 9.17) is 5.73 Å². The summed E-state index contributed by atoms with van der Waals surface area (Å²) >= 11 is 0. The highest BCUT2D eigenvalue weighted by Gasteiger charge is 2.16. The second-order valence-corrected chi connectivity index (χ2v) is 4.51. The van der Waals surface area contributed by atoms with Crippen LogP contribution in [0.15, 0.2) is 0 Å². The lowest BCUT2D eigenvalue weighted by Gasteiger charge is -2.21. The van der Waals surface area contributed by atoms with E-state index >= 15 is 0 Å². The fraction of sp³-hybridized carbons (Fsp3) is 0.818.